The Kier molecular flexibility index (Phi) is 5.85. The van der Waals surface area contributed by atoms with Crippen LogP contribution in [0, 0.1) is 13.8 Å². The van der Waals surface area contributed by atoms with E-state index in [1.54, 1.807) is 7.05 Å². The highest BCUT2D eigenvalue weighted by atomic mass is 32.2. The first-order valence-corrected chi connectivity index (χ1v) is 10.4. The van der Waals surface area contributed by atoms with Crippen molar-refractivity contribution in [3.05, 3.63) is 45.1 Å². The second kappa shape index (κ2) is 8.15. The number of thioether (sulfide) groups is 1. The van der Waals surface area contributed by atoms with Crippen LogP contribution in [0.1, 0.15) is 11.1 Å². The Morgan fingerprint density at radius 3 is 2.71 bits per heavy atom. The number of hydrogen-bond donors (Lipinski definition) is 2. The maximum Gasteiger partial charge on any atom is 0.263 e. The van der Waals surface area contributed by atoms with Gasteiger partial charge in [-0.3, -0.25) is 19.0 Å². The summed E-state index contributed by atoms with van der Waals surface area (Å²) in [5.41, 5.74) is 9.06. The lowest BCUT2D eigenvalue weighted by atomic mass is 10.0. The highest BCUT2D eigenvalue weighted by Gasteiger charge is 2.17. The zero-order chi connectivity index (χ0) is 20.4. The molecule has 0 spiro atoms. The lowest BCUT2D eigenvalue weighted by Gasteiger charge is -2.08. The molecule has 0 atom stereocenters. The van der Waals surface area contributed by atoms with Crippen molar-refractivity contribution < 1.29 is 9.59 Å². The van der Waals surface area contributed by atoms with E-state index in [2.05, 4.69) is 23.3 Å². The van der Waals surface area contributed by atoms with Crippen LogP contribution in [0.15, 0.2) is 33.5 Å². The van der Waals surface area contributed by atoms with Crippen molar-refractivity contribution in [3.63, 3.8) is 0 Å². The minimum atomic E-state index is -0.609. The number of fused-ring (bicyclic) bond motifs is 1. The molecule has 0 saturated heterocycles. The minimum Gasteiger partial charge on any atom is -0.368 e. The van der Waals surface area contributed by atoms with E-state index in [1.165, 1.54) is 21.5 Å². The van der Waals surface area contributed by atoms with Gasteiger partial charge in [-0.15, -0.1) is 11.3 Å². The van der Waals surface area contributed by atoms with Gasteiger partial charge in [-0.2, -0.15) is 0 Å². The Morgan fingerprint density at radius 1 is 1.29 bits per heavy atom. The molecule has 9 heteroatoms. The van der Waals surface area contributed by atoms with Crippen molar-refractivity contribution in [3.8, 4) is 11.1 Å². The zero-order valence-electron chi connectivity index (χ0n) is 15.7. The van der Waals surface area contributed by atoms with Crippen molar-refractivity contribution in [2.45, 2.75) is 19.0 Å². The standard InChI is InChI=1S/C19H20N4O3S2/c1-10-4-5-12(6-11(10)2)13-8-27-17-16(13)18(26)23(3)19(22-17)28-9-15(25)21-7-14(20)24/h4-6,8H,7,9H2,1-3H3,(H2,20,24)(H,21,25). The van der Waals surface area contributed by atoms with Gasteiger partial charge in [0, 0.05) is 18.0 Å². The number of carbonyl (C=O) groups excluding carboxylic acids is 2. The van der Waals surface area contributed by atoms with Crippen LogP contribution in [0.2, 0.25) is 0 Å². The number of nitrogens with two attached hydrogens (primary N) is 1. The van der Waals surface area contributed by atoms with Crippen LogP contribution >= 0.6 is 23.1 Å². The molecule has 3 rings (SSSR count). The average Bonchev–Trinajstić information content (AvgIpc) is 3.08. The summed E-state index contributed by atoms with van der Waals surface area (Å²) in [5.74, 6) is -0.919. The molecule has 7 nitrogen and oxygen atoms in total. The van der Waals surface area contributed by atoms with Crippen LogP contribution in [0.5, 0.6) is 0 Å². The van der Waals surface area contributed by atoms with Crippen molar-refractivity contribution in [2.75, 3.05) is 12.3 Å². The fourth-order valence-electron chi connectivity index (χ4n) is 2.67. The quantitative estimate of drug-likeness (QED) is 0.472. The van der Waals surface area contributed by atoms with Crippen LogP contribution in [-0.4, -0.2) is 33.7 Å². The van der Waals surface area contributed by atoms with Crippen molar-refractivity contribution >= 4 is 45.1 Å². The van der Waals surface area contributed by atoms with E-state index >= 15 is 0 Å². The third-order valence-corrected chi connectivity index (χ3v) is 6.29. The molecule has 146 valence electrons. The molecule has 0 unspecified atom stereocenters. The van der Waals surface area contributed by atoms with Gasteiger partial charge in [-0.1, -0.05) is 30.0 Å². The maximum atomic E-state index is 13.0. The molecule has 0 aliphatic heterocycles. The van der Waals surface area contributed by atoms with E-state index in [4.69, 9.17) is 5.73 Å². The summed E-state index contributed by atoms with van der Waals surface area (Å²) in [5, 5.41) is 5.38. The Balaban J connectivity index is 1.92. The first kappa shape index (κ1) is 20.1. The first-order valence-electron chi connectivity index (χ1n) is 8.51. The second-order valence-electron chi connectivity index (χ2n) is 6.42. The van der Waals surface area contributed by atoms with Crippen molar-refractivity contribution in [2.24, 2.45) is 12.8 Å². The topological polar surface area (TPSA) is 107 Å². The Morgan fingerprint density at radius 2 is 2.04 bits per heavy atom. The monoisotopic (exact) mass is 416 g/mol. The molecule has 0 fully saturated rings. The van der Waals surface area contributed by atoms with Crippen LogP contribution < -0.4 is 16.6 Å². The number of thiophene rings is 1. The van der Waals surface area contributed by atoms with Crippen LogP contribution in [0.25, 0.3) is 21.3 Å². The highest BCUT2D eigenvalue weighted by molar-refractivity contribution is 7.99. The molecule has 0 saturated carbocycles. The molecule has 0 aliphatic rings. The Labute approximate surface area is 170 Å². The molecule has 1 aromatic carbocycles. The number of amides is 2. The highest BCUT2D eigenvalue weighted by Crippen LogP contribution is 2.32. The third-order valence-electron chi connectivity index (χ3n) is 4.38. The fourth-order valence-corrected chi connectivity index (χ4v) is 4.46. The van der Waals surface area contributed by atoms with Crippen LogP contribution in [-0.2, 0) is 16.6 Å². The number of hydrogen-bond acceptors (Lipinski definition) is 6. The number of aryl methyl sites for hydroxylation is 2. The second-order valence-corrected chi connectivity index (χ2v) is 8.22. The van der Waals surface area contributed by atoms with Gasteiger partial charge in [-0.25, -0.2) is 4.98 Å². The summed E-state index contributed by atoms with van der Waals surface area (Å²) in [4.78, 5) is 40.7. The number of nitrogens with one attached hydrogen (secondary N) is 1. The van der Waals surface area contributed by atoms with E-state index in [-0.39, 0.29) is 23.8 Å². The van der Waals surface area contributed by atoms with Gasteiger partial charge in [0.15, 0.2) is 5.16 Å². The summed E-state index contributed by atoms with van der Waals surface area (Å²) in [6.45, 7) is 3.88. The normalized spacial score (nSPS) is 11.0. The van der Waals surface area contributed by atoms with E-state index in [9.17, 15) is 14.4 Å². The summed E-state index contributed by atoms with van der Waals surface area (Å²) in [7, 11) is 1.64. The lowest BCUT2D eigenvalue weighted by molar-refractivity contribution is -0.123. The van der Waals surface area contributed by atoms with Gasteiger partial charge in [-0.05, 0) is 30.5 Å². The van der Waals surface area contributed by atoms with Crippen molar-refractivity contribution in [1.82, 2.24) is 14.9 Å². The maximum absolute atomic E-state index is 13.0. The van der Waals surface area contributed by atoms with Gasteiger partial charge in [0.05, 0.1) is 17.7 Å². The van der Waals surface area contributed by atoms with E-state index in [0.717, 1.165) is 28.5 Å². The number of rotatable bonds is 6. The molecule has 0 bridgehead atoms. The van der Waals surface area contributed by atoms with Crippen molar-refractivity contribution in [1.29, 1.82) is 0 Å². The molecule has 3 N–H and O–H groups in total. The predicted molar refractivity (Wildman–Crippen MR) is 113 cm³/mol. The van der Waals surface area contributed by atoms with Gasteiger partial charge < -0.3 is 11.1 Å². The number of primary amides is 1. The molecule has 0 radical (unpaired) electrons. The van der Waals surface area contributed by atoms with Gasteiger partial charge in [0.25, 0.3) is 5.56 Å². The average molecular weight is 417 g/mol. The van der Waals surface area contributed by atoms with E-state index < -0.39 is 5.91 Å². The predicted octanol–water partition coefficient (Wildman–Crippen LogP) is 1.97. The molecule has 0 aliphatic carbocycles. The fraction of sp³-hybridized carbons (Fsp3) is 0.263. The molecular weight excluding hydrogens is 396 g/mol. The number of aromatic nitrogens is 2. The Bertz CT molecular complexity index is 1130. The van der Waals surface area contributed by atoms with Gasteiger partial charge in [0.1, 0.15) is 4.83 Å². The van der Waals surface area contributed by atoms with Gasteiger partial charge in [0.2, 0.25) is 11.8 Å². The summed E-state index contributed by atoms with van der Waals surface area (Å²) >= 11 is 2.54. The minimum absolute atomic E-state index is 0.0362. The SMILES string of the molecule is Cc1ccc(-c2csc3nc(SCC(=O)NCC(N)=O)n(C)c(=O)c23)cc1C. The lowest BCUT2D eigenvalue weighted by Crippen LogP contribution is -2.34. The number of nitrogens with zero attached hydrogens (tertiary/aromatic N) is 2. The molecule has 2 aromatic heterocycles. The summed E-state index contributed by atoms with van der Waals surface area (Å²) < 4.78 is 1.45. The smallest absolute Gasteiger partial charge is 0.263 e. The van der Waals surface area contributed by atoms with Crippen LogP contribution in [0.3, 0.4) is 0 Å². The molecule has 28 heavy (non-hydrogen) atoms. The van der Waals surface area contributed by atoms with Crippen LogP contribution in [0.4, 0.5) is 0 Å². The van der Waals surface area contributed by atoms with Gasteiger partial charge >= 0.3 is 0 Å². The first-order chi connectivity index (χ1) is 13.3. The van der Waals surface area contributed by atoms with E-state index in [0.29, 0.717) is 15.4 Å². The summed E-state index contributed by atoms with van der Waals surface area (Å²) in [6.07, 6.45) is 0. The Hall–Kier alpha value is -2.65. The van der Waals surface area contributed by atoms with E-state index in [1.807, 2.05) is 24.4 Å². The summed E-state index contributed by atoms with van der Waals surface area (Å²) in [6, 6.07) is 6.12. The number of carbonyl (C=O) groups is 2. The molecular formula is C19H20N4O3S2. The largest absolute Gasteiger partial charge is 0.368 e. The molecule has 2 amide bonds. The third kappa shape index (κ3) is 4.10. The molecule has 2 heterocycles. The zero-order valence-corrected chi connectivity index (χ0v) is 17.4. The molecule has 3 aromatic rings. The number of benzene rings is 1.